The van der Waals surface area contributed by atoms with Crippen molar-refractivity contribution in [2.24, 2.45) is 5.92 Å². The van der Waals surface area contributed by atoms with E-state index in [1.54, 1.807) is 28.9 Å². The van der Waals surface area contributed by atoms with Crippen LogP contribution in [0.2, 0.25) is 0 Å². The molecule has 0 aliphatic heterocycles. The second-order valence-electron chi connectivity index (χ2n) is 8.40. The molecule has 0 fully saturated rings. The minimum Gasteiger partial charge on any atom is -0.326 e. The molecule has 4 aromatic rings. The summed E-state index contributed by atoms with van der Waals surface area (Å²) in [4.78, 5) is 42.0. The number of amides is 1. The minimum atomic E-state index is -0.328. The van der Waals surface area contributed by atoms with E-state index in [2.05, 4.69) is 15.4 Å². The Morgan fingerprint density at radius 3 is 2.48 bits per heavy atom. The van der Waals surface area contributed by atoms with E-state index in [0.29, 0.717) is 28.7 Å². The first-order chi connectivity index (χ1) is 15.8. The van der Waals surface area contributed by atoms with E-state index in [4.69, 9.17) is 0 Å². The van der Waals surface area contributed by atoms with E-state index in [-0.39, 0.29) is 29.7 Å². The van der Waals surface area contributed by atoms with E-state index in [0.717, 1.165) is 11.3 Å². The van der Waals surface area contributed by atoms with Gasteiger partial charge in [0.15, 0.2) is 11.4 Å². The molecular weight excluding hydrogens is 418 g/mol. The Hall–Kier alpha value is -4.07. The van der Waals surface area contributed by atoms with Crippen molar-refractivity contribution < 1.29 is 9.59 Å². The number of nitrogens with zero attached hydrogens (tertiary/aromatic N) is 4. The molecule has 0 aliphatic rings. The van der Waals surface area contributed by atoms with Crippen molar-refractivity contribution in [3.63, 3.8) is 0 Å². The Bertz CT molecular complexity index is 1380. The number of nitrogens with one attached hydrogen (secondary N) is 1. The highest BCUT2D eigenvalue weighted by Crippen LogP contribution is 2.17. The number of hydrogen-bond acceptors (Lipinski definition) is 5. The predicted octanol–water partition coefficient (Wildman–Crippen LogP) is 3.76. The summed E-state index contributed by atoms with van der Waals surface area (Å²) in [6.45, 7) is 5.77. The first-order valence-electron chi connectivity index (χ1n) is 10.8. The number of anilines is 1. The average Bonchev–Trinajstić information content (AvgIpc) is 3.20. The lowest BCUT2D eigenvalue weighted by molar-refractivity contribution is -0.116. The van der Waals surface area contributed by atoms with Gasteiger partial charge in [-0.1, -0.05) is 32.0 Å². The number of ketones is 1. The Balaban J connectivity index is 1.53. The molecule has 0 aliphatic carbocycles. The Labute approximate surface area is 190 Å². The number of carbonyl (C=O) groups excluding carboxylic acids is 2. The van der Waals surface area contributed by atoms with Crippen molar-refractivity contribution in [3.05, 3.63) is 82.5 Å². The summed E-state index contributed by atoms with van der Waals surface area (Å²) in [6, 6.07) is 14.3. The van der Waals surface area contributed by atoms with Crippen LogP contribution in [0.3, 0.4) is 0 Å². The number of para-hydroxylation sites is 1. The maximum Gasteiger partial charge on any atom is 0.264 e. The summed E-state index contributed by atoms with van der Waals surface area (Å²) < 4.78 is 2.91. The molecule has 8 heteroatoms. The summed E-state index contributed by atoms with van der Waals surface area (Å²) in [5, 5.41) is 7.50. The third-order valence-electron chi connectivity index (χ3n) is 5.30. The standard InChI is InChI=1S/C25H25N5O3/c1-16(2)12-23(32)28-19-10-8-18(9-11-19)22(31)14-29-15-26-24-20(25(29)33)13-27-30(24)21-7-5-4-6-17(21)3/h4-11,13,15-16H,12,14H2,1-3H3,(H,28,32). The second-order valence-corrected chi connectivity index (χ2v) is 8.40. The molecule has 168 valence electrons. The molecule has 1 amide bonds. The normalized spacial score (nSPS) is 11.2. The number of aryl methyl sites for hydroxylation is 1. The van der Waals surface area contributed by atoms with E-state index in [9.17, 15) is 14.4 Å². The number of Topliss-reactive ketones (excluding diaryl/α,β-unsaturated/α-hetero) is 1. The van der Waals surface area contributed by atoms with Crippen LogP contribution in [0.25, 0.3) is 16.7 Å². The molecule has 0 unspecified atom stereocenters. The summed E-state index contributed by atoms with van der Waals surface area (Å²) in [7, 11) is 0. The number of fused-ring (bicyclic) bond motifs is 1. The molecule has 0 saturated carbocycles. The monoisotopic (exact) mass is 443 g/mol. The van der Waals surface area contributed by atoms with Gasteiger partial charge in [0.2, 0.25) is 5.91 Å². The van der Waals surface area contributed by atoms with Gasteiger partial charge in [-0.15, -0.1) is 0 Å². The summed E-state index contributed by atoms with van der Waals surface area (Å²) in [6.07, 6.45) is 3.28. The van der Waals surface area contributed by atoms with Crippen LogP contribution in [-0.2, 0) is 11.3 Å². The molecule has 0 saturated heterocycles. The third-order valence-corrected chi connectivity index (χ3v) is 5.30. The van der Waals surface area contributed by atoms with Gasteiger partial charge in [-0.25, -0.2) is 9.67 Å². The Morgan fingerprint density at radius 2 is 1.79 bits per heavy atom. The van der Waals surface area contributed by atoms with Crippen LogP contribution in [0, 0.1) is 12.8 Å². The summed E-state index contributed by atoms with van der Waals surface area (Å²) in [5.74, 6) is -0.0372. The maximum atomic E-state index is 13.0. The van der Waals surface area contributed by atoms with Crippen molar-refractivity contribution >= 4 is 28.4 Å². The largest absolute Gasteiger partial charge is 0.326 e. The number of aromatic nitrogens is 4. The van der Waals surface area contributed by atoms with Crippen LogP contribution in [0.5, 0.6) is 0 Å². The fourth-order valence-electron chi connectivity index (χ4n) is 3.61. The van der Waals surface area contributed by atoms with Crippen molar-refractivity contribution in [2.45, 2.75) is 33.7 Å². The van der Waals surface area contributed by atoms with Gasteiger partial charge in [-0.3, -0.25) is 19.0 Å². The summed E-state index contributed by atoms with van der Waals surface area (Å²) in [5.41, 5.74) is 3.03. The van der Waals surface area contributed by atoms with Gasteiger partial charge in [0.1, 0.15) is 11.7 Å². The maximum absolute atomic E-state index is 13.0. The van der Waals surface area contributed by atoms with Crippen LogP contribution in [0.4, 0.5) is 5.69 Å². The van der Waals surface area contributed by atoms with Crippen molar-refractivity contribution in [1.82, 2.24) is 19.3 Å². The van der Waals surface area contributed by atoms with Gasteiger partial charge in [-0.2, -0.15) is 5.10 Å². The van der Waals surface area contributed by atoms with Crippen LogP contribution in [0.15, 0.2) is 65.8 Å². The third kappa shape index (κ3) is 4.74. The Kier molecular flexibility index (Phi) is 6.17. The number of rotatable bonds is 7. The van der Waals surface area contributed by atoms with Gasteiger partial charge in [0, 0.05) is 17.7 Å². The van der Waals surface area contributed by atoms with E-state index in [1.807, 2.05) is 45.0 Å². The lowest BCUT2D eigenvalue weighted by atomic mass is 10.1. The SMILES string of the molecule is Cc1ccccc1-n1ncc2c(=O)n(CC(=O)c3ccc(NC(=O)CC(C)C)cc3)cnc21. The molecule has 2 aromatic heterocycles. The highest BCUT2D eigenvalue weighted by Gasteiger charge is 2.15. The molecular formula is C25H25N5O3. The van der Waals surface area contributed by atoms with E-state index < -0.39 is 0 Å². The van der Waals surface area contributed by atoms with Gasteiger partial charge < -0.3 is 5.32 Å². The van der Waals surface area contributed by atoms with E-state index >= 15 is 0 Å². The number of benzene rings is 2. The molecule has 1 N–H and O–H groups in total. The van der Waals surface area contributed by atoms with Gasteiger partial charge >= 0.3 is 0 Å². The molecule has 2 heterocycles. The molecule has 0 spiro atoms. The molecule has 0 atom stereocenters. The minimum absolute atomic E-state index is 0.0683. The lowest BCUT2D eigenvalue weighted by Crippen LogP contribution is -2.24. The second kappa shape index (κ2) is 9.20. The Morgan fingerprint density at radius 1 is 1.06 bits per heavy atom. The first-order valence-corrected chi connectivity index (χ1v) is 10.8. The van der Waals surface area contributed by atoms with E-state index in [1.165, 1.54) is 17.1 Å². The number of hydrogen-bond donors (Lipinski definition) is 1. The molecule has 2 aromatic carbocycles. The zero-order valence-electron chi connectivity index (χ0n) is 18.8. The average molecular weight is 444 g/mol. The molecule has 8 nitrogen and oxygen atoms in total. The smallest absolute Gasteiger partial charge is 0.264 e. The fourth-order valence-corrected chi connectivity index (χ4v) is 3.61. The van der Waals surface area contributed by atoms with Crippen molar-refractivity contribution in [1.29, 1.82) is 0 Å². The predicted molar refractivity (Wildman–Crippen MR) is 127 cm³/mol. The highest BCUT2D eigenvalue weighted by molar-refractivity contribution is 5.97. The molecule has 4 rings (SSSR count). The van der Waals surface area contributed by atoms with Crippen LogP contribution >= 0.6 is 0 Å². The van der Waals surface area contributed by atoms with Crippen molar-refractivity contribution in [2.75, 3.05) is 5.32 Å². The van der Waals surface area contributed by atoms with Crippen LogP contribution in [0.1, 0.15) is 36.2 Å². The number of carbonyl (C=O) groups is 2. The molecule has 0 radical (unpaired) electrons. The molecule has 33 heavy (non-hydrogen) atoms. The van der Waals surface area contributed by atoms with Gasteiger partial charge in [-0.05, 0) is 48.7 Å². The lowest BCUT2D eigenvalue weighted by Gasteiger charge is -2.09. The topological polar surface area (TPSA) is 98.9 Å². The highest BCUT2D eigenvalue weighted by atomic mass is 16.2. The van der Waals surface area contributed by atoms with Crippen LogP contribution in [-0.4, -0.2) is 31.0 Å². The van der Waals surface area contributed by atoms with Crippen molar-refractivity contribution in [3.8, 4) is 5.69 Å². The fraction of sp³-hybridized carbons (Fsp3) is 0.240. The quantitative estimate of drug-likeness (QED) is 0.439. The summed E-state index contributed by atoms with van der Waals surface area (Å²) >= 11 is 0. The van der Waals surface area contributed by atoms with Gasteiger partial charge in [0.05, 0.1) is 18.4 Å². The zero-order chi connectivity index (χ0) is 23.5. The van der Waals surface area contributed by atoms with Crippen LogP contribution < -0.4 is 10.9 Å². The molecule has 0 bridgehead atoms. The zero-order valence-corrected chi connectivity index (χ0v) is 18.8. The first kappa shape index (κ1) is 22.1. The van der Waals surface area contributed by atoms with Gasteiger partial charge in [0.25, 0.3) is 5.56 Å².